The van der Waals surface area contributed by atoms with Gasteiger partial charge in [0, 0.05) is 38.1 Å². The number of rotatable bonds is 5. The number of carbonyl (C=O) groups is 1. The third-order valence-electron chi connectivity index (χ3n) is 4.60. The van der Waals surface area contributed by atoms with Crippen molar-refractivity contribution in [2.75, 3.05) is 31.1 Å². The normalized spacial score (nSPS) is 21.5. The van der Waals surface area contributed by atoms with E-state index < -0.39 is 5.97 Å². The van der Waals surface area contributed by atoms with Crippen molar-refractivity contribution in [3.63, 3.8) is 0 Å². The monoisotopic (exact) mass is 309 g/mol. The van der Waals surface area contributed by atoms with E-state index in [4.69, 9.17) is 0 Å². The lowest BCUT2D eigenvalue weighted by Crippen LogP contribution is -2.49. The molecule has 1 saturated heterocycles. The van der Waals surface area contributed by atoms with Gasteiger partial charge >= 0.3 is 5.97 Å². The molecule has 1 saturated carbocycles. The summed E-state index contributed by atoms with van der Waals surface area (Å²) in [7, 11) is 0. The minimum atomic E-state index is -0.820. The molecule has 1 aliphatic carbocycles. The maximum atomic E-state index is 11.4. The van der Waals surface area contributed by atoms with Crippen molar-refractivity contribution in [3.8, 4) is 0 Å². The van der Waals surface area contributed by atoms with Crippen LogP contribution in [0.4, 0.5) is 5.13 Å². The maximum absolute atomic E-state index is 11.4. The summed E-state index contributed by atoms with van der Waals surface area (Å²) in [6.45, 7) is 8.46. The summed E-state index contributed by atoms with van der Waals surface area (Å²) in [4.78, 5) is 21.2. The number of nitrogens with zero attached hydrogens (tertiary/aromatic N) is 3. The van der Waals surface area contributed by atoms with Gasteiger partial charge in [0.15, 0.2) is 5.13 Å². The van der Waals surface area contributed by atoms with Crippen LogP contribution in [0.25, 0.3) is 0 Å². The van der Waals surface area contributed by atoms with Crippen molar-refractivity contribution < 1.29 is 9.90 Å². The Labute approximate surface area is 129 Å². The molecule has 116 valence electrons. The second-order valence-electron chi connectivity index (χ2n) is 6.07. The fourth-order valence-electron chi connectivity index (χ4n) is 2.85. The van der Waals surface area contributed by atoms with Crippen LogP contribution in [0.5, 0.6) is 0 Å². The van der Waals surface area contributed by atoms with E-state index in [0.717, 1.165) is 49.8 Å². The molecule has 5 nitrogen and oxygen atoms in total. The van der Waals surface area contributed by atoms with Gasteiger partial charge in [-0.3, -0.25) is 4.90 Å². The van der Waals surface area contributed by atoms with E-state index in [1.807, 2.05) is 0 Å². The number of hydrogen-bond donors (Lipinski definition) is 1. The van der Waals surface area contributed by atoms with E-state index in [1.54, 1.807) is 0 Å². The van der Waals surface area contributed by atoms with Gasteiger partial charge in [0.2, 0.25) is 0 Å². The Kier molecular flexibility index (Phi) is 4.17. The van der Waals surface area contributed by atoms with Crippen LogP contribution in [0.2, 0.25) is 0 Å². The molecule has 1 N–H and O–H groups in total. The number of anilines is 1. The molecule has 0 amide bonds. The van der Waals surface area contributed by atoms with Crippen LogP contribution in [-0.4, -0.2) is 53.2 Å². The van der Waals surface area contributed by atoms with Crippen LogP contribution >= 0.6 is 11.3 Å². The molecule has 6 heteroatoms. The summed E-state index contributed by atoms with van der Waals surface area (Å²) in [5, 5.41) is 10.2. The number of aromatic nitrogens is 1. The van der Waals surface area contributed by atoms with Gasteiger partial charge in [0.1, 0.15) is 4.88 Å². The SMILES string of the molecule is CCC(C)N1CCN(c2nc(C3CC3)c(C(=O)O)s2)CC1. The summed E-state index contributed by atoms with van der Waals surface area (Å²) >= 11 is 1.35. The zero-order valence-electron chi connectivity index (χ0n) is 12.7. The first-order valence-corrected chi connectivity index (χ1v) is 8.64. The van der Waals surface area contributed by atoms with Gasteiger partial charge in [-0.25, -0.2) is 9.78 Å². The highest BCUT2D eigenvalue weighted by atomic mass is 32.1. The van der Waals surface area contributed by atoms with Gasteiger partial charge in [-0.05, 0) is 26.2 Å². The summed E-state index contributed by atoms with van der Waals surface area (Å²) in [6, 6.07) is 0.625. The quantitative estimate of drug-likeness (QED) is 0.906. The van der Waals surface area contributed by atoms with Crippen molar-refractivity contribution in [2.45, 2.75) is 45.1 Å². The molecule has 1 atom stereocenters. The summed E-state index contributed by atoms with van der Waals surface area (Å²) in [6.07, 6.45) is 3.35. The molecule has 3 rings (SSSR count). The van der Waals surface area contributed by atoms with Crippen LogP contribution in [-0.2, 0) is 0 Å². The maximum Gasteiger partial charge on any atom is 0.347 e. The van der Waals surface area contributed by atoms with Crippen molar-refractivity contribution in [3.05, 3.63) is 10.6 Å². The highest BCUT2D eigenvalue weighted by Gasteiger charge is 2.33. The van der Waals surface area contributed by atoms with Gasteiger partial charge in [0.05, 0.1) is 5.69 Å². The van der Waals surface area contributed by atoms with E-state index in [-0.39, 0.29) is 0 Å². The molecule has 0 bridgehead atoms. The lowest BCUT2D eigenvalue weighted by Gasteiger charge is -2.37. The fraction of sp³-hybridized carbons (Fsp3) is 0.733. The molecule has 1 aromatic rings. The molecule has 0 spiro atoms. The van der Waals surface area contributed by atoms with Crippen molar-refractivity contribution in [1.82, 2.24) is 9.88 Å². The largest absolute Gasteiger partial charge is 0.477 e. The first-order chi connectivity index (χ1) is 10.1. The minimum Gasteiger partial charge on any atom is -0.477 e. The molecular formula is C15H23N3O2S. The van der Waals surface area contributed by atoms with E-state index in [9.17, 15) is 9.90 Å². The van der Waals surface area contributed by atoms with Crippen molar-refractivity contribution in [1.29, 1.82) is 0 Å². The number of piperazine rings is 1. The Morgan fingerprint density at radius 2 is 2.05 bits per heavy atom. The van der Waals surface area contributed by atoms with E-state index in [1.165, 1.54) is 17.8 Å². The molecule has 2 aliphatic rings. The van der Waals surface area contributed by atoms with Gasteiger partial charge in [-0.15, -0.1) is 0 Å². The van der Waals surface area contributed by atoms with E-state index >= 15 is 0 Å². The first kappa shape index (κ1) is 14.8. The summed E-state index contributed by atoms with van der Waals surface area (Å²) < 4.78 is 0. The standard InChI is InChI=1S/C15H23N3O2S/c1-3-10(2)17-6-8-18(9-7-17)15-16-12(11-4-5-11)13(21-15)14(19)20/h10-11H,3-9H2,1-2H3,(H,19,20). The number of aromatic carboxylic acids is 1. The Balaban J connectivity index is 1.71. The third kappa shape index (κ3) is 3.06. The molecule has 1 aromatic heterocycles. The third-order valence-corrected chi connectivity index (χ3v) is 5.72. The van der Waals surface area contributed by atoms with Gasteiger partial charge in [-0.1, -0.05) is 18.3 Å². The molecule has 1 unspecified atom stereocenters. The van der Waals surface area contributed by atoms with Crippen LogP contribution in [0.15, 0.2) is 0 Å². The first-order valence-electron chi connectivity index (χ1n) is 7.83. The van der Waals surface area contributed by atoms with Crippen LogP contribution in [0.1, 0.15) is 54.4 Å². The lowest BCUT2D eigenvalue weighted by atomic mass is 10.2. The smallest absolute Gasteiger partial charge is 0.347 e. The van der Waals surface area contributed by atoms with Crippen LogP contribution < -0.4 is 4.90 Å². The highest BCUT2D eigenvalue weighted by Crippen LogP contribution is 2.44. The summed E-state index contributed by atoms with van der Waals surface area (Å²) in [5.74, 6) is -0.429. The van der Waals surface area contributed by atoms with Gasteiger partial charge < -0.3 is 10.0 Å². The fourth-order valence-corrected chi connectivity index (χ4v) is 3.90. The Hall–Kier alpha value is -1.14. The zero-order valence-corrected chi connectivity index (χ0v) is 13.5. The Bertz CT molecular complexity index is 519. The van der Waals surface area contributed by atoms with Crippen molar-refractivity contribution >= 4 is 22.4 Å². The van der Waals surface area contributed by atoms with Crippen molar-refractivity contribution in [2.24, 2.45) is 0 Å². The molecule has 2 fully saturated rings. The predicted molar refractivity (Wildman–Crippen MR) is 84.6 cm³/mol. The van der Waals surface area contributed by atoms with Gasteiger partial charge in [-0.2, -0.15) is 0 Å². The number of thiazole rings is 1. The Morgan fingerprint density at radius 1 is 1.38 bits per heavy atom. The minimum absolute atomic E-state index is 0.391. The number of carboxylic acids is 1. The highest BCUT2D eigenvalue weighted by molar-refractivity contribution is 7.17. The Morgan fingerprint density at radius 3 is 2.57 bits per heavy atom. The van der Waals surface area contributed by atoms with Crippen LogP contribution in [0, 0.1) is 0 Å². The molecule has 1 aliphatic heterocycles. The number of hydrogen-bond acceptors (Lipinski definition) is 5. The molecule has 2 heterocycles. The molecular weight excluding hydrogens is 286 g/mol. The average Bonchev–Trinajstić information content (AvgIpc) is 3.25. The number of carboxylic acid groups (broad SMARTS) is 1. The topological polar surface area (TPSA) is 56.7 Å². The van der Waals surface area contributed by atoms with Crippen LogP contribution in [0.3, 0.4) is 0 Å². The zero-order chi connectivity index (χ0) is 15.0. The average molecular weight is 309 g/mol. The lowest BCUT2D eigenvalue weighted by molar-refractivity contribution is 0.0700. The van der Waals surface area contributed by atoms with E-state index in [2.05, 4.69) is 28.6 Å². The molecule has 21 heavy (non-hydrogen) atoms. The van der Waals surface area contributed by atoms with Gasteiger partial charge in [0.25, 0.3) is 0 Å². The second-order valence-corrected chi connectivity index (χ2v) is 7.05. The predicted octanol–water partition coefficient (Wildman–Crippen LogP) is 2.64. The summed E-state index contributed by atoms with van der Waals surface area (Å²) in [5.41, 5.74) is 0.826. The second kappa shape index (κ2) is 5.93. The molecule has 0 radical (unpaired) electrons. The van der Waals surface area contributed by atoms with E-state index in [0.29, 0.717) is 16.8 Å². The molecule has 0 aromatic carbocycles.